The van der Waals surface area contributed by atoms with Crippen LogP contribution in [0, 0.1) is 5.92 Å². The molecule has 2 rings (SSSR count). The number of benzene rings is 1. The van der Waals surface area contributed by atoms with E-state index in [1.165, 1.54) is 0 Å². The normalized spacial score (nSPS) is 19.9. The molecule has 1 aliphatic rings. The van der Waals surface area contributed by atoms with Crippen molar-refractivity contribution in [3.8, 4) is 5.75 Å². The van der Waals surface area contributed by atoms with Crippen LogP contribution in [0.25, 0.3) is 0 Å². The van der Waals surface area contributed by atoms with Crippen molar-refractivity contribution in [2.45, 2.75) is 19.4 Å². The molecule has 20 heavy (non-hydrogen) atoms. The van der Waals surface area contributed by atoms with Gasteiger partial charge in [-0.05, 0) is 31.5 Å². The second-order valence-electron chi connectivity index (χ2n) is 5.11. The fraction of sp³-hybridized carbons (Fsp3) is 0.533. The molecule has 1 aromatic rings. The van der Waals surface area contributed by atoms with Gasteiger partial charge in [0.2, 0.25) is 0 Å². The predicted molar refractivity (Wildman–Crippen MR) is 80.8 cm³/mol. The Morgan fingerprint density at radius 1 is 1.55 bits per heavy atom. The lowest BCUT2D eigenvalue weighted by Crippen LogP contribution is -2.39. The van der Waals surface area contributed by atoms with Gasteiger partial charge in [-0.3, -0.25) is 4.79 Å². The van der Waals surface area contributed by atoms with E-state index in [9.17, 15) is 4.79 Å². The molecule has 1 amide bonds. The molecule has 0 saturated carbocycles. The van der Waals surface area contributed by atoms with E-state index < -0.39 is 6.10 Å². The van der Waals surface area contributed by atoms with Crippen LogP contribution in [0.1, 0.15) is 13.3 Å². The van der Waals surface area contributed by atoms with E-state index in [0.717, 1.165) is 24.0 Å². The average Bonchev–Trinajstić information content (AvgIpc) is 2.87. The summed E-state index contributed by atoms with van der Waals surface area (Å²) in [6.45, 7) is 4.06. The molecular weight excluding hydrogens is 322 g/mol. The van der Waals surface area contributed by atoms with Crippen molar-refractivity contribution >= 4 is 21.8 Å². The van der Waals surface area contributed by atoms with Gasteiger partial charge in [0.15, 0.2) is 6.10 Å². The van der Waals surface area contributed by atoms with Gasteiger partial charge in [0.1, 0.15) is 5.75 Å². The van der Waals surface area contributed by atoms with E-state index in [2.05, 4.69) is 15.9 Å². The van der Waals surface area contributed by atoms with Crippen molar-refractivity contribution in [2.24, 2.45) is 5.92 Å². The second kappa shape index (κ2) is 7.09. The Morgan fingerprint density at radius 2 is 2.35 bits per heavy atom. The highest BCUT2D eigenvalue weighted by atomic mass is 79.9. The lowest BCUT2D eigenvalue weighted by molar-refractivity contribution is -0.137. The number of carbonyl (C=O) groups is 1. The van der Waals surface area contributed by atoms with Crippen LogP contribution in [0.3, 0.4) is 0 Å². The van der Waals surface area contributed by atoms with Crippen molar-refractivity contribution in [2.75, 3.05) is 26.8 Å². The highest BCUT2D eigenvalue weighted by Crippen LogP contribution is 2.21. The first-order valence-corrected chi connectivity index (χ1v) is 7.59. The Balaban J connectivity index is 1.89. The minimum Gasteiger partial charge on any atom is -0.481 e. The topological polar surface area (TPSA) is 38.8 Å². The molecule has 0 N–H and O–H groups in total. The van der Waals surface area contributed by atoms with Crippen LogP contribution in [0.2, 0.25) is 0 Å². The van der Waals surface area contributed by atoms with Crippen LogP contribution in [-0.4, -0.2) is 43.7 Å². The standard InChI is InChI=1S/C15H20BrNO3/c1-11(20-14-5-3-4-13(16)8-14)15(18)17-7-6-12(9-17)10-19-2/h3-5,8,11-12H,6-7,9-10H2,1-2H3/t11-,12-/m1/s1. The first-order chi connectivity index (χ1) is 9.60. The fourth-order valence-corrected chi connectivity index (χ4v) is 2.83. The quantitative estimate of drug-likeness (QED) is 0.826. The van der Waals surface area contributed by atoms with Crippen molar-refractivity contribution in [1.82, 2.24) is 4.90 Å². The van der Waals surface area contributed by atoms with Gasteiger partial charge in [-0.25, -0.2) is 0 Å². The molecule has 0 aliphatic carbocycles. The summed E-state index contributed by atoms with van der Waals surface area (Å²) >= 11 is 3.39. The third kappa shape index (κ3) is 3.96. The zero-order chi connectivity index (χ0) is 14.5. The number of hydrogen-bond donors (Lipinski definition) is 0. The monoisotopic (exact) mass is 341 g/mol. The van der Waals surface area contributed by atoms with Gasteiger partial charge in [-0.15, -0.1) is 0 Å². The van der Waals surface area contributed by atoms with Crippen molar-refractivity contribution < 1.29 is 14.3 Å². The van der Waals surface area contributed by atoms with Crippen LogP contribution in [-0.2, 0) is 9.53 Å². The fourth-order valence-electron chi connectivity index (χ4n) is 2.46. The van der Waals surface area contributed by atoms with E-state index in [4.69, 9.17) is 9.47 Å². The highest BCUT2D eigenvalue weighted by Gasteiger charge is 2.29. The minimum atomic E-state index is -0.467. The number of amides is 1. The zero-order valence-corrected chi connectivity index (χ0v) is 13.4. The molecule has 1 aliphatic heterocycles. The second-order valence-corrected chi connectivity index (χ2v) is 6.03. The Hall–Kier alpha value is -1.07. The number of rotatable bonds is 5. The van der Waals surface area contributed by atoms with Gasteiger partial charge in [-0.2, -0.15) is 0 Å². The molecule has 0 radical (unpaired) electrons. The van der Waals surface area contributed by atoms with Gasteiger partial charge < -0.3 is 14.4 Å². The zero-order valence-electron chi connectivity index (χ0n) is 11.8. The van der Waals surface area contributed by atoms with E-state index in [1.54, 1.807) is 14.0 Å². The first-order valence-electron chi connectivity index (χ1n) is 6.80. The third-order valence-electron chi connectivity index (χ3n) is 3.46. The van der Waals surface area contributed by atoms with Crippen LogP contribution < -0.4 is 4.74 Å². The molecule has 1 saturated heterocycles. The summed E-state index contributed by atoms with van der Waals surface area (Å²) in [4.78, 5) is 14.2. The molecule has 1 fully saturated rings. The minimum absolute atomic E-state index is 0.0450. The Morgan fingerprint density at radius 3 is 3.05 bits per heavy atom. The van der Waals surface area contributed by atoms with Crippen molar-refractivity contribution in [1.29, 1.82) is 0 Å². The van der Waals surface area contributed by atoms with E-state index >= 15 is 0 Å². The third-order valence-corrected chi connectivity index (χ3v) is 3.95. The summed E-state index contributed by atoms with van der Waals surface area (Å²) in [5.74, 6) is 1.19. The van der Waals surface area contributed by atoms with Crippen molar-refractivity contribution in [3.05, 3.63) is 28.7 Å². The summed E-state index contributed by atoms with van der Waals surface area (Å²) < 4.78 is 11.8. The van der Waals surface area contributed by atoms with Crippen LogP contribution in [0.4, 0.5) is 0 Å². The maximum Gasteiger partial charge on any atom is 0.263 e. The SMILES string of the molecule is COC[C@@H]1CCN(C(=O)[C@@H](C)Oc2cccc(Br)c2)C1. The smallest absolute Gasteiger partial charge is 0.263 e. The summed E-state index contributed by atoms with van der Waals surface area (Å²) in [7, 11) is 1.70. The van der Waals surface area contributed by atoms with Gasteiger partial charge in [0.05, 0.1) is 6.61 Å². The maximum atomic E-state index is 12.3. The van der Waals surface area contributed by atoms with Crippen LogP contribution in [0.15, 0.2) is 28.7 Å². The summed E-state index contributed by atoms with van der Waals surface area (Å²) in [6.07, 6.45) is 0.536. The molecule has 5 heteroatoms. The molecule has 1 heterocycles. The highest BCUT2D eigenvalue weighted by molar-refractivity contribution is 9.10. The molecule has 2 atom stereocenters. The molecule has 4 nitrogen and oxygen atoms in total. The molecule has 0 spiro atoms. The van der Waals surface area contributed by atoms with Crippen LogP contribution in [0.5, 0.6) is 5.75 Å². The van der Waals surface area contributed by atoms with Gasteiger partial charge >= 0.3 is 0 Å². The lowest BCUT2D eigenvalue weighted by Gasteiger charge is -2.22. The number of halogens is 1. The molecular formula is C15H20BrNO3. The Bertz CT molecular complexity index is 466. The molecule has 0 unspecified atom stereocenters. The van der Waals surface area contributed by atoms with Crippen LogP contribution >= 0.6 is 15.9 Å². The number of likely N-dealkylation sites (tertiary alicyclic amines) is 1. The van der Waals surface area contributed by atoms with E-state index in [0.29, 0.717) is 18.3 Å². The predicted octanol–water partition coefficient (Wildman–Crippen LogP) is 2.71. The average molecular weight is 342 g/mol. The Labute approximate surface area is 128 Å². The molecule has 0 aromatic heterocycles. The van der Waals surface area contributed by atoms with Crippen molar-refractivity contribution in [3.63, 3.8) is 0 Å². The lowest BCUT2D eigenvalue weighted by atomic mass is 10.1. The number of nitrogens with zero attached hydrogens (tertiary/aromatic N) is 1. The van der Waals surface area contributed by atoms with E-state index in [-0.39, 0.29) is 5.91 Å². The van der Waals surface area contributed by atoms with Gasteiger partial charge in [0, 0.05) is 30.6 Å². The Kier molecular flexibility index (Phi) is 5.43. The molecule has 0 bridgehead atoms. The number of carbonyl (C=O) groups excluding carboxylic acids is 1. The van der Waals surface area contributed by atoms with E-state index in [1.807, 2.05) is 29.2 Å². The number of methoxy groups -OCH3 is 1. The number of ether oxygens (including phenoxy) is 2. The summed E-state index contributed by atoms with van der Waals surface area (Å²) in [5, 5.41) is 0. The number of hydrogen-bond acceptors (Lipinski definition) is 3. The molecule has 1 aromatic carbocycles. The van der Waals surface area contributed by atoms with Gasteiger partial charge in [-0.1, -0.05) is 22.0 Å². The van der Waals surface area contributed by atoms with Gasteiger partial charge in [0.25, 0.3) is 5.91 Å². The molecule has 110 valence electrons. The summed E-state index contributed by atoms with van der Waals surface area (Å²) in [5.41, 5.74) is 0. The maximum absolute atomic E-state index is 12.3. The summed E-state index contributed by atoms with van der Waals surface area (Å²) in [6, 6.07) is 7.53. The largest absolute Gasteiger partial charge is 0.481 e. The first kappa shape index (κ1) is 15.3.